The second kappa shape index (κ2) is 5.06. The highest BCUT2D eigenvalue weighted by Crippen LogP contribution is 2.34. The first-order valence-corrected chi connectivity index (χ1v) is 8.07. The van der Waals surface area contributed by atoms with E-state index in [1.54, 1.807) is 0 Å². The van der Waals surface area contributed by atoms with Gasteiger partial charge in [-0.05, 0) is 51.3 Å². The Hall–Kier alpha value is -1.47. The van der Waals surface area contributed by atoms with Crippen molar-refractivity contribution >= 4 is 16.0 Å². The molecule has 7 heteroatoms. The molecule has 5 nitrogen and oxygen atoms in total. The molecular weight excluding hydrogens is 297 g/mol. The monoisotopic (exact) mass is 315 g/mol. The number of carboxylic acid groups (broad SMARTS) is 1. The summed E-state index contributed by atoms with van der Waals surface area (Å²) in [7, 11) is -3.84. The van der Waals surface area contributed by atoms with Crippen molar-refractivity contribution in [2.24, 2.45) is 0 Å². The van der Waals surface area contributed by atoms with Crippen molar-refractivity contribution in [3.63, 3.8) is 0 Å². The number of benzene rings is 1. The maximum absolute atomic E-state index is 13.8. The number of sulfonamides is 1. The molecule has 0 saturated carbocycles. The summed E-state index contributed by atoms with van der Waals surface area (Å²) in [5.41, 5.74) is -1.14. The molecule has 1 aromatic rings. The summed E-state index contributed by atoms with van der Waals surface area (Å²) >= 11 is 0. The third-order valence-electron chi connectivity index (χ3n) is 3.87. The Kier molecular flexibility index (Phi) is 3.84. The molecule has 21 heavy (non-hydrogen) atoms. The average molecular weight is 315 g/mol. The first-order chi connectivity index (χ1) is 9.57. The fraction of sp³-hybridized carbons (Fsp3) is 0.500. The van der Waals surface area contributed by atoms with Gasteiger partial charge >= 0.3 is 5.97 Å². The second-order valence-electron chi connectivity index (χ2n) is 5.90. The van der Waals surface area contributed by atoms with Gasteiger partial charge in [0.25, 0.3) is 0 Å². The highest BCUT2D eigenvalue weighted by Gasteiger charge is 2.41. The predicted molar refractivity (Wildman–Crippen MR) is 75.3 cm³/mol. The van der Waals surface area contributed by atoms with E-state index < -0.39 is 32.9 Å². The zero-order valence-electron chi connectivity index (χ0n) is 12.2. The van der Waals surface area contributed by atoms with Gasteiger partial charge in [-0.25, -0.2) is 17.6 Å². The van der Waals surface area contributed by atoms with Crippen molar-refractivity contribution in [1.29, 1.82) is 0 Å². The number of hydrogen-bond donors (Lipinski definition) is 1. The Morgan fingerprint density at radius 1 is 1.38 bits per heavy atom. The van der Waals surface area contributed by atoms with E-state index in [2.05, 4.69) is 0 Å². The lowest BCUT2D eigenvalue weighted by Crippen LogP contribution is -2.42. The zero-order valence-corrected chi connectivity index (χ0v) is 13.0. The van der Waals surface area contributed by atoms with Crippen LogP contribution in [-0.4, -0.2) is 35.9 Å². The van der Waals surface area contributed by atoms with Crippen LogP contribution in [0.1, 0.15) is 42.6 Å². The Balaban J connectivity index is 2.58. The van der Waals surface area contributed by atoms with Gasteiger partial charge in [0.2, 0.25) is 10.0 Å². The third-order valence-corrected chi connectivity index (χ3v) is 5.96. The van der Waals surface area contributed by atoms with Crippen LogP contribution in [0.25, 0.3) is 0 Å². The first-order valence-electron chi connectivity index (χ1n) is 6.63. The van der Waals surface area contributed by atoms with Crippen LogP contribution in [0, 0.1) is 12.7 Å². The molecule has 116 valence electrons. The molecule has 1 N–H and O–H groups in total. The van der Waals surface area contributed by atoms with Crippen LogP contribution >= 0.6 is 0 Å². The van der Waals surface area contributed by atoms with Crippen LogP contribution in [-0.2, 0) is 10.0 Å². The number of carbonyl (C=O) groups is 1. The summed E-state index contributed by atoms with van der Waals surface area (Å²) < 4.78 is 40.5. The van der Waals surface area contributed by atoms with Crippen molar-refractivity contribution in [2.45, 2.75) is 44.0 Å². The molecule has 2 rings (SSSR count). The van der Waals surface area contributed by atoms with Gasteiger partial charge in [0.15, 0.2) is 0 Å². The molecule has 0 aliphatic carbocycles. The molecule has 1 aliphatic rings. The lowest BCUT2D eigenvalue weighted by molar-refractivity contribution is 0.0691. The SMILES string of the molecule is Cc1cc(S(=O)(=O)N2CCCC2(C)C)cc(C(=O)O)c1F. The maximum atomic E-state index is 13.8. The molecule has 0 bridgehead atoms. The summed E-state index contributed by atoms with van der Waals surface area (Å²) in [6.45, 7) is 5.39. The van der Waals surface area contributed by atoms with E-state index in [4.69, 9.17) is 5.11 Å². The van der Waals surface area contributed by atoms with Crippen molar-refractivity contribution in [3.8, 4) is 0 Å². The predicted octanol–water partition coefficient (Wildman–Crippen LogP) is 2.40. The fourth-order valence-electron chi connectivity index (χ4n) is 2.70. The minimum Gasteiger partial charge on any atom is -0.478 e. The van der Waals surface area contributed by atoms with Gasteiger partial charge in [-0.15, -0.1) is 0 Å². The zero-order chi connectivity index (χ0) is 16.0. The molecule has 1 aromatic carbocycles. The molecule has 0 unspecified atom stereocenters. The number of hydrogen-bond acceptors (Lipinski definition) is 3. The van der Waals surface area contributed by atoms with Crippen molar-refractivity contribution in [1.82, 2.24) is 4.31 Å². The molecule has 1 fully saturated rings. The Bertz CT molecular complexity index is 697. The quantitative estimate of drug-likeness (QED) is 0.929. The molecule has 0 atom stereocenters. The Morgan fingerprint density at radius 2 is 2.00 bits per heavy atom. The summed E-state index contributed by atoms with van der Waals surface area (Å²) in [5.74, 6) is -2.38. The van der Waals surface area contributed by atoms with Gasteiger partial charge in [-0.2, -0.15) is 4.31 Å². The number of halogens is 1. The summed E-state index contributed by atoms with van der Waals surface area (Å²) in [5, 5.41) is 9.00. The van der Waals surface area contributed by atoms with E-state index in [0.717, 1.165) is 18.9 Å². The minimum atomic E-state index is -3.84. The number of carboxylic acids is 1. The van der Waals surface area contributed by atoms with Crippen LogP contribution in [0.5, 0.6) is 0 Å². The lowest BCUT2D eigenvalue weighted by Gasteiger charge is -2.30. The van der Waals surface area contributed by atoms with Crippen LogP contribution in [0.15, 0.2) is 17.0 Å². The smallest absolute Gasteiger partial charge is 0.338 e. The third kappa shape index (κ3) is 2.67. The van der Waals surface area contributed by atoms with Gasteiger partial charge in [-0.3, -0.25) is 0 Å². The average Bonchev–Trinajstić information content (AvgIpc) is 2.72. The fourth-order valence-corrected chi connectivity index (χ4v) is 4.65. The summed E-state index contributed by atoms with van der Waals surface area (Å²) in [6, 6.07) is 2.08. The number of rotatable bonds is 3. The standard InChI is InChI=1S/C14H18FNO4S/c1-9-7-10(8-11(12(9)15)13(17)18)21(19,20)16-6-4-5-14(16,2)3/h7-8H,4-6H2,1-3H3,(H,17,18). The number of nitrogens with zero attached hydrogens (tertiary/aromatic N) is 1. The molecule has 0 spiro atoms. The van der Waals surface area contributed by atoms with E-state index in [-0.39, 0.29) is 10.5 Å². The minimum absolute atomic E-state index is 0.00507. The van der Waals surface area contributed by atoms with E-state index in [0.29, 0.717) is 6.54 Å². The molecular formula is C14H18FNO4S. The Morgan fingerprint density at radius 3 is 2.48 bits per heavy atom. The van der Waals surface area contributed by atoms with E-state index >= 15 is 0 Å². The second-order valence-corrected chi connectivity index (χ2v) is 7.76. The number of aromatic carboxylic acids is 1. The van der Waals surface area contributed by atoms with Gasteiger partial charge < -0.3 is 5.11 Å². The molecule has 1 saturated heterocycles. The largest absolute Gasteiger partial charge is 0.478 e. The first kappa shape index (κ1) is 15.9. The molecule has 0 radical (unpaired) electrons. The van der Waals surface area contributed by atoms with Crippen molar-refractivity contribution in [3.05, 3.63) is 29.1 Å². The van der Waals surface area contributed by atoms with E-state index in [9.17, 15) is 17.6 Å². The topological polar surface area (TPSA) is 74.7 Å². The van der Waals surface area contributed by atoms with E-state index in [1.807, 2.05) is 13.8 Å². The van der Waals surface area contributed by atoms with Gasteiger partial charge in [0, 0.05) is 12.1 Å². The lowest BCUT2D eigenvalue weighted by atomic mass is 10.0. The summed E-state index contributed by atoms with van der Waals surface area (Å²) in [4.78, 5) is 10.9. The van der Waals surface area contributed by atoms with Crippen molar-refractivity contribution in [2.75, 3.05) is 6.54 Å². The molecule has 0 amide bonds. The van der Waals surface area contributed by atoms with E-state index in [1.165, 1.54) is 17.3 Å². The van der Waals surface area contributed by atoms with Gasteiger partial charge in [0.05, 0.1) is 10.5 Å². The molecule has 1 aliphatic heterocycles. The van der Waals surface area contributed by atoms with Crippen LogP contribution < -0.4 is 0 Å². The number of aryl methyl sites for hydroxylation is 1. The van der Waals surface area contributed by atoms with Crippen molar-refractivity contribution < 1.29 is 22.7 Å². The highest BCUT2D eigenvalue weighted by atomic mass is 32.2. The van der Waals surface area contributed by atoms with Gasteiger partial charge in [-0.1, -0.05) is 0 Å². The van der Waals surface area contributed by atoms with Crippen LogP contribution in [0.2, 0.25) is 0 Å². The van der Waals surface area contributed by atoms with Crippen LogP contribution in [0.3, 0.4) is 0 Å². The molecule has 0 aromatic heterocycles. The van der Waals surface area contributed by atoms with Crippen LogP contribution in [0.4, 0.5) is 4.39 Å². The molecule has 1 heterocycles. The highest BCUT2D eigenvalue weighted by molar-refractivity contribution is 7.89. The summed E-state index contributed by atoms with van der Waals surface area (Å²) in [6.07, 6.45) is 1.48. The Labute approximate surface area is 123 Å². The normalized spacial score (nSPS) is 18.9. The van der Waals surface area contributed by atoms with Gasteiger partial charge in [0.1, 0.15) is 5.82 Å². The maximum Gasteiger partial charge on any atom is 0.338 e.